The number of nitrogens with one attached hydrogen (secondary N) is 1. The van der Waals surface area contributed by atoms with Crippen LogP contribution < -0.4 is 16.6 Å². The lowest BCUT2D eigenvalue weighted by molar-refractivity contribution is -0.121. The second-order valence-corrected chi connectivity index (χ2v) is 7.25. The second-order valence-electron chi connectivity index (χ2n) is 7.25. The number of amides is 1. The molecule has 0 unspecified atom stereocenters. The summed E-state index contributed by atoms with van der Waals surface area (Å²) in [6, 6.07) is 0.307. The van der Waals surface area contributed by atoms with E-state index in [4.69, 9.17) is 0 Å². The van der Waals surface area contributed by atoms with E-state index in [2.05, 4.69) is 10.3 Å². The van der Waals surface area contributed by atoms with Gasteiger partial charge in [0, 0.05) is 32.3 Å². The van der Waals surface area contributed by atoms with Crippen molar-refractivity contribution in [3.8, 4) is 0 Å². The summed E-state index contributed by atoms with van der Waals surface area (Å²) in [6.45, 7) is 3.73. The third-order valence-corrected chi connectivity index (χ3v) is 5.49. The minimum Gasteiger partial charge on any atom is -0.353 e. The van der Waals surface area contributed by atoms with Crippen LogP contribution in [-0.2, 0) is 25.3 Å². The minimum absolute atomic E-state index is 0.0455. The van der Waals surface area contributed by atoms with Crippen molar-refractivity contribution in [2.75, 3.05) is 0 Å². The monoisotopic (exact) mass is 358 g/mol. The quantitative estimate of drug-likeness (QED) is 0.891. The summed E-state index contributed by atoms with van der Waals surface area (Å²) in [6.07, 6.45) is 5.39. The topological polar surface area (TPSA) is 86.0 Å². The van der Waals surface area contributed by atoms with Gasteiger partial charge < -0.3 is 5.32 Å². The first-order valence-corrected chi connectivity index (χ1v) is 9.16. The normalized spacial score (nSPS) is 14.9. The van der Waals surface area contributed by atoms with Gasteiger partial charge >= 0.3 is 5.69 Å². The summed E-state index contributed by atoms with van der Waals surface area (Å²) >= 11 is 0. The molecule has 1 aliphatic rings. The van der Waals surface area contributed by atoms with E-state index in [1.165, 1.54) is 24.5 Å². The molecule has 0 radical (unpaired) electrons. The van der Waals surface area contributed by atoms with Gasteiger partial charge in [-0.2, -0.15) is 0 Å². The van der Waals surface area contributed by atoms with E-state index in [9.17, 15) is 14.4 Å². The van der Waals surface area contributed by atoms with E-state index in [1.54, 1.807) is 7.05 Å². The highest BCUT2D eigenvalue weighted by molar-refractivity contribution is 5.80. The SMILES string of the molecule is Cc1nc2c(c(C)c1CCC(=O)NC1CCCC1)c(=O)n(C)c(=O)n2C. The highest BCUT2D eigenvalue weighted by Crippen LogP contribution is 2.21. The summed E-state index contributed by atoms with van der Waals surface area (Å²) in [4.78, 5) is 41.4. The van der Waals surface area contributed by atoms with Crippen LogP contribution in [0.2, 0.25) is 0 Å². The highest BCUT2D eigenvalue weighted by atomic mass is 16.2. The minimum atomic E-state index is -0.391. The first kappa shape index (κ1) is 18.4. The molecule has 0 bridgehead atoms. The van der Waals surface area contributed by atoms with Gasteiger partial charge in [0.05, 0.1) is 5.39 Å². The number of pyridine rings is 1. The molecule has 2 aromatic heterocycles. The van der Waals surface area contributed by atoms with E-state index >= 15 is 0 Å². The summed E-state index contributed by atoms with van der Waals surface area (Å²) in [5.74, 6) is 0.0455. The third-order valence-electron chi connectivity index (χ3n) is 5.49. The maximum absolute atomic E-state index is 12.6. The molecule has 1 amide bonds. The van der Waals surface area contributed by atoms with Gasteiger partial charge in [-0.15, -0.1) is 0 Å². The largest absolute Gasteiger partial charge is 0.353 e. The van der Waals surface area contributed by atoms with Crippen molar-refractivity contribution in [1.29, 1.82) is 0 Å². The highest BCUT2D eigenvalue weighted by Gasteiger charge is 2.19. The number of aryl methyl sites for hydroxylation is 3. The van der Waals surface area contributed by atoms with Crippen LogP contribution in [0.25, 0.3) is 11.0 Å². The third kappa shape index (κ3) is 3.18. The molecule has 1 N–H and O–H groups in total. The number of carbonyl (C=O) groups excluding carboxylic acids is 1. The predicted octanol–water partition coefficient (Wildman–Crippen LogP) is 1.24. The number of hydrogen-bond acceptors (Lipinski definition) is 4. The second kappa shape index (κ2) is 7.05. The zero-order chi connectivity index (χ0) is 19.0. The standard InChI is InChI=1S/C19H26N4O3/c1-11-14(9-10-15(24)21-13-7-5-6-8-13)12(2)20-17-16(11)18(25)23(4)19(26)22(17)3/h13H,5-10H2,1-4H3,(H,21,24). The molecular weight excluding hydrogens is 332 g/mol. The van der Waals surface area contributed by atoms with Crippen LogP contribution >= 0.6 is 0 Å². The van der Waals surface area contributed by atoms with Crippen LogP contribution in [0.4, 0.5) is 0 Å². The van der Waals surface area contributed by atoms with E-state index in [0.717, 1.165) is 34.2 Å². The summed E-state index contributed by atoms with van der Waals surface area (Å²) in [7, 11) is 3.09. The first-order chi connectivity index (χ1) is 12.3. The van der Waals surface area contributed by atoms with Crippen molar-refractivity contribution in [2.24, 2.45) is 14.1 Å². The van der Waals surface area contributed by atoms with Crippen LogP contribution in [0, 0.1) is 13.8 Å². The Morgan fingerprint density at radius 1 is 1.15 bits per heavy atom. The molecule has 0 atom stereocenters. The van der Waals surface area contributed by atoms with E-state index in [0.29, 0.717) is 29.9 Å². The van der Waals surface area contributed by atoms with Crippen LogP contribution in [0.5, 0.6) is 0 Å². The zero-order valence-electron chi connectivity index (χ0n) is 15.9. The van der Waals surface area contributed by atoms with Gasteiger partial charge in [-0.05, 0) is 44.2 Å². The van der Waals surface area contributed by atoms with Gasteiger partial charge in [-0.1, -0.05) is 12.8 Å². The number of aromatic nitrogens is 3. The van der Waals surface area contributed by atoms with Crippen molar-refractivity contribution in [1.82, 2.24) is 19.4 Å². The number of carbonyl (C=O) groups is 1. The molecule has 1 saturated carbocycles. The lowest BCUT2D eigenvalue weighted by Crippen LogP contribution is -2.38. The average molecular weight is 358 g/mol. The Morgan fingerprint density at radius 2 is 1.81 bits per heavy atom. The van der Waals surface area contributed by atoms with Gasteiger partial charge in [-0.25, -0.2) is 9.78 Å². The number of fused-ring (bicyclic) bond motifs is 1. The predicted molar refractivity (Wildman–Crippen MR) is 100 cm³/mol. The maximum atomic E-state index is 12.6. The number of nitrogens with zero attached hydrogens (tertiary/aromatic N) is 3. The Morgan fingerprint density at radius 3 is 2.46 bits per heavy atom. The van der Waals surface area contributed by atoms with E-state index in [1.807, 2.05) is 13.8 Å². The molecule has 26 heavy (non-hydrogen) atoms. The fraction of sp³-hybridized carbons (Fsp3) is 0.579. The fourth-order valence-electron chi connectivity index (χ4n) is 3.92. The zero-order valence-corrected chi connectivity index (χ0v) is 15.9. The molecule has 2 heterocycles. The van der Waals surface area contributed by atoms with Crippen molar-refractivity contribution in [2.45, 2.75) is 58.4 Å². The van der Waals surface area contributed by atoms with Gasteiger partial charge in [0.2, 0.25) is 5.91 Å². The fourth-order valence-corrected chi connectivity index (χ4v) is 3.92. The number of rotatable bonds is 4. The Balaban J connectivity index is 1.93. The molecule has 0 saturated heterocycles. The summed E-state index contributed by atoms with van der Waals surface area (Å²) in [5, 5.41) is 3.54. The van der Waals surface area contributed by atoms with Gasteiger partial charge in [0.15, 0.2) is 0 Å². The molecule has 1 fully saturated rings. The molecule has 7 nitrogen and oxygen atoms in total. The van der Waals surface area contributed by atoms with Crippen molar-refractivity contribution in [3.63, 3.8) is 0 Å². The molecule has 1 aliphatic carbocycles. The van der Waals surface area contributed by atoms with Crippen molar-refractivity contribution < 1.29 is 4.79 Å². The molecular formula is C19H26N4O3. The number of hydrogen-bond donors (Lipinski definition) is 1. The summed E-state index contributed by atoms with van der Waals surface area (Å²) in [5.41, 5.74) is 2.13. The Hall–Kier alpha value is -2.44. The average Bonchev–Trinajstić information content (AvgIpc) is 3.10. The Kier molecular flexibility index (Phi) is 4.98. The summed E-state index contributed by atoms with van der Waals surface area (Å²) < 4.78 is 2.50. The van der Waals surface area contributed by atoms with Gasteiger partial charge in [-0.3, -0.25) is 18.7 Å². The van der Waals surface area contributed by atoms with Crippen LogP contribution in [0.15, 0.2) is 9.59 Å². The molecule has 2 aromatic rings. The van der Waals surface area contributed by atoms with E-state index in [-0.39, 0.29) is 11.5 Å². The van der Waals surface area contributed by atoms with E-state index < -0.39 is 5.69 Å². The molecule has 7 heteroatoms. The lowest BCUT2D eigenvalue weighted by atomic mass is 9.99. The van der Waals surface area contributed by atoms with Crippen LogP contribution in [-0.4, -0.2) is 26.1 Å². The molecule has 0 spiro atoms. The molecule has 0 aromatic carbocycles. The first-order valence-electron chi connectivity index (χ1n) is 9.16. The Labute approximate surface area is 152 Å². The van der Waals surface area contributed by atoms with Gasteiger partial charge in [0.1, 0.15) is 5.65 Å². The molecule has 3 rings (SSSR count). The van der Waals surface area contributed by atoms with Crippen LogP contribution in [0.3, 0.4) is 0 Å². The van der Waals surface area contributed by atoms with Gasteiger partial charge in [0.25, 0.3) is 5.56 Å². The maximum Gasteiger partial charge on any atom is 0.332 e. The van der Waals surface area contributed by atoms with Crippen LogP contribution in [0.1, 0.15) is 48.9 Å². The molecule has 0 aliphatic heterocycles. The molecule has 140 valence electrons. The van der Waals surface area contributed by atoms with Crippen molar-refractivity contribution >= 4 is 16.9 Å². The lowest BCUT2D eigenvalue weighted by Gasteiger charge is -2.15. The Bertz CT molecular complexity index is 981. The smallest absolute Gasteiger partial charge is 0.332 e. The van der Waals surface area contributed by atoms with Crippen molar-refractivity contribution in [3.05, 3.63) is 37.7 Å².